The molecule has 0 amide bonds. The number of halogens is 2. The molecule has 0 bridgehead atoms. The minimum Gasteiger partial charge on any atom is -0.365 e. The van der Waals surface area contributed by atoms with E-state index in [1.54, 1.807) is 34.8 Å². The fourth-order valence-corrected chi connectivity index (χ4v) is 3.31. The van der Waals surface area contributed by atoms with Gasteiger partial charge in [-0.3, -0.25) is 0 Å². The van der Waals surface area contributed by atoms with E-state index < -0.39 is 0 Å². The summed E-state index contributed by atoms with van der Waals surface area (Å²) in [5.74, 6) is 0.00120. The van der Waals surface area contributed by atoms with Crippen molar-refractivity contribution in [1.82, 2.24) is 19.8 Å². The fourth-order valence-electron chi connectivity index (χ4n) is 3.31. The van der Waals surface area contributed by atoms with Gasteiger partial charge >= 0.3 is 0 Å². The Labute approximate surface area is 164 Å². The van der Waals surface area contributed by atoms with Gasteiger partial charge in [0.25, 0.3) is 0 Å². The van der Waals surface area contributed by atoms with Crippen LogP contribution in [0.5, 0.6) is 0 Å². The van der Waals surface area contributed by atoms with Crippen LogP contribution in [0.3, 0.4) is 0 Å². The Morgan fingerprint density at radius 1 is 0.862 bits per heavy atom. The molecule has 0 aliphatic carbocycles. The summed E-state index contributed by atoms with van der Waals surface area (Å²) in [6.07, 6.45) is 0. The molecule has 7 heteroatoms. The maximum atomic E-state index is 14.0. The average molecular weight is 387 g/mol. The van der Waals surface area contributed by atoms with Crippen LogP contribution in [0.25, 0.3) is 27.8 Å². The monoisotopic (exact) mass is 387 g/mol. The minimum absolute atomic E-state index is 0.275. The van der Waals surface area contributed by atoms with E-state index in [0.29, 0.717) is 28.3 Å². The third-order valence-electron chi connectivity index (χ3n) is 4.77. The minimum atomic E-state index is -0.323. The van der Waals surface area contributed by atoms with Crippen LogP contribution in [-0.4, -0.2) is 19.8 Å². The van der Waals surface area contributed by atoms with E-state index in [0.717, 1.165) is 10.9 Å². The predicted molar refractivity (Wildman–Crippen MR) is 107 cm³/mol. The maximum Gasteiger partial charge on any atom is 0.186 e. The van der Waals surface area contributed by atoms with Crippen LogP contribution < -0.4 is 5.32 Å². The Morgan fingerprint density at radius 3 is 2.45 bits per heavy atom. The van der Waals surface area contributed by atoms with E-state index in [1.165, 1.54) is 18.2 Å². The summed E-state index contributed by atoms with van der Waals surface area (Å²) in [7, 11) is 0. The zero-order valence-electron chi connectivity index (χ0n) is 15.2. The fraction of sp³-hybridized carbons (Fsp3) is 0.0455. The van der Waals surface area contributed by atoms with E-state index in [9.17, 15) is 8.78 Å². The zero-order chi connectivity index (χ0) is 19.8. The Morgan fingerprint density at radius 2 is 1.62 bits per heavy atom. The molecule has 0 saturated heterocycles. The first-order valence-electron chi connectivity index (χ1n) is 9.08. The molecule has 0 spiro atoms. The standard InChI is InChI=1S/C22H15F2N5/c23-16-11-9-14(10-12-16)20-22-26-21(25-13-15-5-1-3-7-18(15)24)17-6-2-4-8-19(17)29(22)28-27-20/h1-12H,13H2,(H,25,26). The number of anilines is 1. The molecule has 0 radical (unpaired) electrons. The Hall–Kier alpha value is -3.87. The number of rotatable bonds is 4. The van der Waals surface area contributed by atoms with E-state index >= 15 is 0 Å². The van der Waals surface area contributed by atoms with Gasteiger partial charge in [-0.25, -0.2) is 13.8 Å². The molecule has 1 N–H and O–H groups in total. The largest absolute Gasteiger partial charge is 0.365 e. The Kier molecular flexibility index (Phi) is 4.13. The summed E-state index contributed by atoms with van der Waals surface area (Å²) in [6.45, 7) is 0.285. The average Bonchev–Trinajstić information content (AvgIpc) is 3.18. The summed E-state index contributed by atoms with van der Waals surface area (Å²) in [5, 5.41) is 12.6. The van der Waals surface area contributed by atoms with Gasteiger partial charge in [-0.05, 0) is 42.5 Å². The number of fused-ring (bicyclic) bond motifs is 3. The lowest BCUT2D eigenvalue weighted by molar-refractivity contribution is 0.613. The summed E-state index contributed by atoms with van der Waals surface area (Å²) in [5.41, 5.74) is 3.15. The number of aromatic nitrogens is 4. The highest BCUT2D eigenvalue weighted by molar-refractivity contribution is 5.93. The molecule has 3 aromatic carbocycles. The van der Waals surface area contributed by atoms with Gasteiger partial charge in [0.15, 0.2) is 5.65 Å². The molecule has 0 saturated carbocycles. The highest BCUT2D eigenvalue weighted by Gasteiger charge is 2.16. The molecule has 2 aromatic heterocycles. The van der Waals surface area contributed by atoms with Crippen LogP contribution in [-0.2, 0) is 6.54 Å². The van der Waals surface area contributed by atoms with Crippen molar-refractivity contribution < 1.29 is 8.78 Å². The highest BCUT2D eigenvalue weighted by Crippen LogP contribution is 2.28. The molecule has 2 heterocycles. The zero-order valence-corrected chi connectivity index (χ0v) is 15.2. The molecule has 5 aromatic rings. The topological polar surface area (TPSA) is 55.1 Å². The molecule has 0 aliphatic rings. The van der Waals surface area contributed by atoms with Crippen molar-refractivity contribution in [2.45, 2.75) is 6.54 Å². The second kappa shape index (κ2) is 6.94. The van der Waals surface area contributed by atoms with Crippen molar-refractivity contribution >= 4 is 22.4 Å². The van der Waals surface area contributed by atoms with Gasteiger partial charge < -0.3 is 5.32 Å². The number of benzene rings is 3. The lowest BCUT2D eigenvalue weighted by Gasteiger charge is -2.11. The molecule has 5 rings (SSSR count). The van der Waals surface area contributed by atoms with Gasteiger partial charge in [0.2, 0.25) is 0 Å². The molecule has 0 atom stereocenters. The van der Waals surface area contributed by atoms with E-state index in [2.05, 4.69) is 15.6 Å². The second-order valence-corrected chi connectivity index (χ2v) is 6.60. The van der Waals surface area contributed by atoms with Gasteiger partial charge in [-0.15, -0.1) is 5.10 Å². The smallest absolute Gasteiger partial charge is 0.186 e. The first-order chi connectivity index (χ1) is 14.2. The van der Waals surface area contributed by atoms with Gasteiger partial charge in [-0.2, -0.15) is 4.52 Å². The molecular weight excluding hydrogens is 372 g/mol. The first kappa shape index (κ1) is 17.2. The number of para-hydroxylation sites is 1. The molecular formula is C22H15F2N5. The van der Waals surface area contributed by atoms with Crippen molar-refractivity contribution in [2.75, 3.05) is 5.32 Å². The van der Waals surface area contributed by atoms with Crippen LogP contribution in [0.2, 0.25) is 0 Å². The summed E-state index contributed by atoms with van der Waals surface area (Å²) < 4.78 is 29.0. The van der Waals surface area contributed by atoms with Crippen molar-refractivity contribution in [3.8, 4) is 11.3 Å². The van der Waals surface area contributed by atoms with Crippen molar-refractivity contribution in [3.63, 3.8) is 0 Å². The first-order valence-corrected chi connectivity index (χ1v) is 9.08. The van der Waals surface area contributed by atoms with Crippen LogP contribution in [0, 0.1) is 11.6 Å². The van der Waals surface area contributed by atoms with Crippen LogP contribution in [0.4, 0.5) is 14.6 Å². The Bertz CT molecular complexity index is 1330. The van der Waals surface area contributed by atoms with E-state index in [-0.39, 0.29) is 18.2 Å². The quantitative estimate of drug-likeness (QED) is 0.480. The highest BCUT2D eigenvalue weighted by atomic mass is 19.1. The predicted octanol–water partition coefficient (Wildman–Crippen LogP) is 4.83. The summed E-state index contributed by atoms with van der Waals surface area (Å²) >= 11 is 0. The van der Waals surface area contributed by atoms with Crippen molar-refractivity contribution in [1.29, 1.82) is 0 Å². The Balaban J connectivity index is 1.65. The van der Waals surface area contributed by atoms with Gasteiger partial charge in [0.1, 0.15) is 23.1 Å². The number of hydrogen-bond donors (Lipinski definition) is 1. The lowest BCUT2D eigenvalue weighted by Crippen LogP contribution is -2.06. The van der Waals surface area contributed by atoms with Gasteiger partial charge in [0, 0.05) is 23.1 Å². The molecule has 29 heavy (non-hydrogen) atoms. The lowest BCUT2D eigenvalue weighted by atomic mass is 10.1. The van der Waals surface area contributed by atoms with E-state index in [4.69, 9.17) is 4.98 Å². The SMILES string of the molecule is Fc1ccc(-c2nnn3c2nc(NCc2ccccc2F)c2ccccc23)cc1. The second-order valence-electron chi connectivity index (χ2n) is 6.60. The molecule has 142 valence electrons. The van der Waals surface area contributed by atoms with Crippen molar-refractivity contribution in [2.24, 2.45) is 0 Å². The third kappa shape index (κ3) is 3.06. The van der Waals surface area contributed by atoms with Gasteiger partial charge in [-0.1, -0.05) is 35.5 Å². The maximum absolute atomic E-state index is 14.0. The normalized spacial score (nSPS) is 11.2. The molecule has 5 nitrogen and oxygen atoms in total. The number of nitrogens with zero attached hydrogens (tertiary/aromatic N) is 4. The summed E-state index contributed by atoms with van der Waals surface area (Å²) in [6, 6.07) is 20.3. The summed E-state index contributed by atoms with van der Waals surface area (Å²) in [4.78, 5) is 4.72. The van der Waals surface area contributed by atoms with Crippen molar-refractivity contribution in [3.05, 3.63) is 90.0 Å². The van der Waals surface area contributed by atoms with Crippen LogP contribution in [0.15, 0.2) is 72.8 Å². The molecule has 0 fully saturated rings. The van der Waals surface area contributed by atoms with Crippen LogP contribution in [0.1, 0.15) is 5.56 Å². The van der Waals surface area contributed by atoms with E-state index in [1.807, 2.05) is 24.3 Å². The van der Waals surface area contributed by atoms with Crippen LogP contribution >= 0.6 is 0 Å². The molecule has 0 aliphatic heterocycles. The third-order valence-corrected chi connectivity index (χ3v) is 4.77. The molecule has 0 unspecified atom stereocenters. The van der Waals surface area contributed by atoms with Gasteiger partial charge in [0.05, 0.1) is 5.52 Å². The number of nitrogens with one attached hydrogen (secondary N) is 1. The number of hydrogen-bond acceptors (Lipinski definition) is 4.